The van der Waals surface area contributed by atoms with Gasteiger partial charge in [-0.3, -0.25) is 9.59 Å². The fraction of sp³-hybridized carbons (Fsp3) is 0.300. The maximum atomic E-state index is 12.6. The number of methoxy groups -OCH3 is 1. The molecule has 2 aromatic rings. The van der Waals surface area contributed by atoms with Gasteiger partial charge in [-0.25, -0.2) is 0 Å². The van der Waals surface area contributed by atoms with Crippen molar-refractivity contribution in [2.24, 2.45) is 0 Å². The predicted molar refractivity (Wildman–Crippen MR) is 100 cm³/mol. The Morgan fingerprint density at radius 2 is 1.54 bits per heavy atom. The molecule has 1 saturated heterocycles. The Balaban J connectivity index is 1.48. The zero-order chi connectivity index (χ0) is 18.4. The molecule has 0 radical (unpaired) electrons. The van der Waals surface area contributed by atoms with Crippen molar-refractivity contribution < 1.29 is 14.3 Å². The van der Waals surface area contributed by atoms with Gasteiger partial charge in [-0.2, -0.15) is 0 Å². The number of piperazine rings is 1. The molecular formula is C20H23N3O3. The Labute approximate surface area is 153 Å². The molecule has 1 heterocycles. The lowest BCUT2D eigenvalue weighted by Gasteiger charge is -2.35. The van der Waals surface area contributed by atoms with Crippen molar-refractivity contribution in [3.05, 3.63) is 60.2 Å². The first-order valence-corrected chi connectivity index (χ1v) is 8.67. The smallest absolute Gasteiger partial charge is 0.253 e. The number of nitrogens with zero attached hydrogens (tertiary/aromatic N) is 2. The molecule has 3 rings (SSSR count). The Bertz CT molecular complexity index is 739. The fourth-order valence-electron chi connectivity index (χ4n) is 2.92. The van der Waals surface area contributed by atoms with E-state index in [1.54, 1.807) is 41.2 Å². The van der Waals surface area contributed by atoms with Gasteiger partial charge in [0.2, 0.25) is 5.91 Å². The van der Waals surface area contributed by atoms with E-state index in [4.69, 9.17) is 4.74 Å². The van der Waals surface area contributed by atoms with Crippen LogP contribution < -0.4 is 10.1 Å². The zero-order valence-corrected chi connectivity index (χ0v) is 14.9. The van der Waals surface area contributed by atoms with Gasteiger partial charge in [-0.1, -0.05) is 18.2 Å². The van der Waals surface area contributed by atoms with Crippen LogP contribution in [0.15, 0.2) is 54.6 Å². The van der Waals surface area contributed by atoms with Crippen LogP contribution in [0.3, 0.4) is 0 Å². The van der Waals surface area contributed by atoms with Crippen LogP contribution in [0.1, 0.15) is 10.4 Å². The standard InChI is InChI=1S/C20H23N3O3/c1-26-18-9-7-16(8-10-18)20(25)23-13-11-22(12-14-23)19(24)15-21-17-5-3-2-4-6-17/h2-10,21H,11-15H2,1H3. The van der Waals surface area contributed by atoms with E-state index in [1.807, 2.05) is 30.3 Å². The fourth-order valence-corrected chi connectivity index (χ4v) is 2.92. The lowest BCUT2D eigenvalue weighted by molar-refractivity contribution is -0.130. The highest BCUT2D eigenvalue weighted by atomic mass is 16.5. The molecule has 1 aliphatic rings. The summed E-state index contributed by atoms with van der Waals surface area (Å²) in [4.78, 5) is 28.5. The number of anilines is 1. The van der Waals surface area contributed by atoms with E-state index in [0.29, 0.717) is 31.7 Å². The Kier molecular flexibility index (Phi) is 5.73. The second kappa shape index (κ2) is 8.38. The number of para-hydroxylation sites is 1. The van der Waals surface area contributed by atoms with E-state index < -0.39 is 0 Å². The quantitative estimate of drug-likeness (QED) is 0.894. The molecule has 26 heavy (non-hydrogen) atoms. The van der Waals surface area contributed by atoms with Crippen molar-refractivity contribution in [3.8, 4) is 5.75 Å². The highest BCUT2D eigenvalue weighted by molar-refractivity contribution is 5.94. The Morgan fingerprint density at radius 1 is 0.923 bits per heavy atom. The number of amides is 2. The number of hydrogen-bond acceptors (Lipinski definition) is 4. The van der Waals surface area contributed by atoms with E-state index in [9.17, 15) is 9.59 Å². The van der Waals surface area contributed by atoms with E-state index in [-0.39, 0.29) is 18.4 Å². The number of ether oxygens (including phenoxy) is 1. The first-order chi connectivity index (χ1) is 12.7. The van der Waals surface area contributed by atoms with Crippen LogP contribution in [0, 0.1) is 0 Å². The van der Waals surface area contributed by atoms with Gasteiger partial charge in [0.15, 0.2) is 0 Å². The third-order valence-corrected chi connectivity index (χ3v) is 4.47. The molecule has 6 nitrogen and oxygen atoms in total. The number of benzene rings is 2. The number of hydrogen-bond donors (Lipinski definition) is 1. The highest BCUT2D eigenvalue weighted by Gasteiger charge is 2.24. The normalized spacial score (nSPS) is 14.0. The van der Waals surface area contributed by atoms with Crippen molar-refractivity contribution >= 4 is 17.5 Å². The SMILES string of the molecule is COc1ccc(C(=O)N2CCN(C(=O)CNc3ccccc3)CC2)cc1. The van der Waals surface area contributed by atoms with Crippen LogP contribution in [0.5, 0.6) is 5.75 Å². The molecule has 1 N–H and O–H groups in total. The number of carbonyl (C=O) groups excluding carboxylic acids is 2. The summed E-state index contributed by atoms with van der Waals surface area (Å²) in [5, 5.41) is 3.13. The summed E-state index contributed by atoms with van der Waals surface area (Å²) in [6.07, 6.45) is 0. The van der Waals surface area contributed by atoms with Gasteiger partial charge in [-0.15, -0.1) is 0 Å². The second-order valence-electron chi connectivity index (χ2n) is 6.12. The van der Waals surface area contributed by atoms with Crippen LogP contribution in [0.4, 0.5) is 5.69 Å². The molecule has 1 fully saturated rings. The molecule has 2 amide bonds. The summed E-state index contributed by atoms with van der Waals surface area (Å²) >= 11 is 0. The summed E-state index contributed by atoms with van der Waals surface area (Å²) in [6.45, 7) is 2.45. The lowest BCUT2D eigenvalue weighted by Crippen LogP contribution is -2.51. The molecule has 136 valence electrons. The molecule has 0 aromatic heterocycles. The van der Waals surface area contributed by atoms with Gasteiger partial charge >= 0.3 is 0 Å². The van der Waals surface area contributed by atoms with Gasteiger partial charge in [0.25, 0.3) is 5.91 Å². The minimum absolute atomic E-state index is 0.0119. The minimum atomic E-state index is -0.0119. The average Bonchev–Trinajstić information content (AvgIpc) is 2.72. The van der Waals surface area contributed by atoms with Crippen molar-refractivity contribution in [2.75, 3.05) is 45.2 Å². The summed E-state index contributed by atoms with van der Waals surface area (Å²) in [6, 6.07) is 16.7. The predicted octanol–water partition coefficient (Wildman–Crippen LogP) is 2.09. The number of nitrogens with one attached hydrogen (secondary N) is 1. The maximum absolute atomic E-state index is 12.6. The summed E-state index contributed by atoms with van der Waals surface area (Å²) < 4.78 is 5.11. The van der Waals surface area contributed by atoms with Crippen LogP contribution >= 0.6 is 0 Å². The molecule has 2 aromatic carbocycles. The number of rotatable bonds is 5. The van der Waals surface area contributed by atoms with E-state index in [1.165, 1.54) is 0 Å². The molecule has 0 saturated carbocycles. The number of carbonyl (C=O) groups is 2. The van der Waals surface area contributed by atoms with Gasteiger partial charge in [0.1, 0.15) is 5.75 Å². The first-order valence-electron chi connectivity index (χ1n) is 8.67. The molecular weight excluding hydrogens is 330 g/mol. The lowest BCUT2D eigenvalue weighted by atomic mass is 10.1. The Morgan fingerprint density at radius 3 is 2.15 bits per heavy atom. The monoisotopic (exact) mass is 353 g/mol. The van der Waals surface area contributed by atoms with E-state index in [2.05, 4.69) is 5.32 Å². The van der Waals surface area contributed by atoms with Crippen LogP contribution in [0.2, 0.25) is 0 Å². The molecule has 0 spiro atoms. The molecule has 1 aliphatic heterocycles. The molecule has 6 heteroatoms. The van der Waals surface area contributed by atoms with E-state index in [0.717, 1.165) is 11.4 Å². The van der Waals surface area contributed by atoms with Gasteiger partial charge in [0.05, 0.1) is 13.7 Å². The van der Waals surface area contributed by atoms with Crippen LogP contribution in [-0.4, -0.2) is 61.4 Å². The second-order valence-corrected chi connectivity index (χ2v) is 6.12. The van der Waals surface area contributed by atoms with Gasteiger partial charge in [0, 0.05) is 37.4 Å². The highest BCUT2D eigenvalue weighted by Crippen LogP contribution is 2.14. The first kappa shape index (κ1) is 17.8. The average molecular weight is 353 g/mol. The van der Waals surface area contributed by atoms with Crippen LogP contribution in [-0.2, 0) is 4.79 Å². The van der Waals surface area contributed by atoms with Crippen molar-refractivity contribution in [1.29, 1.82) is 0 Å². The van der Waals surface area contributed by atoms with Gasteiger partial charge < -0.3 is 19.9 Å². The zero-order valence-electron chi connectivity index (χ0n) is 14.9. The van der Waals surface area contributed by atoms with Crippen LogP contribution in [0.25, 0.3) is 0 Å². The van der Waals surface area contributed by atoms with Crippen molar-refractivity contribution in [1.82, 2.24) is 9.80 Å². The summed E-state index contributed by atoms with van der Waals surface area (Å²) in [5.41, 5.74) is 1.56. The third kappa shape index (κ3) is 4.33. The summed E-state index contributed by atoms with van der Waals surface area (Å²) in [5.74, 6) is 0.760. The minimum Gasteiger partial charge on any atom is -0.497 e. The molecule has 0 bridgehead atoms. The Hall–Kier alpha value is -3.02. The largest absolute Gasteiger partial charge is 0.497 e. The van der Waals surface area contributed by atoms with E-state index >= 15 is 0 Å². The molecule has 0 atom stereocenters. The van der Waals surface area contributed by atoms with Crippen molar-refractivity contribution in [3.63, 3.8) is 0 Å². The maximum Gasteiger partial charge on any atom is 0.253 e. The summed E-state index contributed by atoms with van der Waals surface area (Å²) in [7, 11) is 1.60. The molecule has 0 aliphatic carbocycles. The molecule has 0 unspecified atom stereocenters. The van der Waals surface area contributed by atoms with Gasteiger partial charge in [-0.05, 0) is 36.4 Å². The topological polar surface area (TPSA) is 61.9 Å². The third-order valence-electron chi connectivity index (χ3n) is 4.47. The van der Waals surface area contributed by atoms with Crippen molar-refractivity contribution in [2.45, 2.75) is 0 Å².